The lowest BCUT2D eigenvalue weighted by atomic mass is 10.0. The summed E-state index contributed by atoms with van der Waals surface area (Å²) in [6.45, 7) is 4.73. The number of fused-ring (bicyclic) bond motifs is 2. The van der Waals surface area contributed by atoms with Crippen LogP contribution in [0.15, 0.2) is 42.7 Å². The number of hydrogen-bond donors (Lipinski definition) is 2. The lowest BCUT2D eigenvalue weighted by Gasteiger charge is -2.31. The minimum atomic E-state index is -1.08. The fraction of sp³-hybridized carbons (Fsp3) is 0.321. The van der Waals surface area contributed by atoms with Gasteiger partial charge in [0.05, 0.1) is 34.6 Å². The summed E-state index contributed by atoms with van der Waals surface area (Å²) < 4.78 is 33.9. The van der Waals surface area contributed by atoms with Crippen molar-refractivity contribution in [3.63, 3.8) is 0 Å². The molecule has 4 heterocycles. The highest BCUT2D eigenvalue weighted by Crippen LogP contribution is 2.38. The van der Waals surface area contributed by atoms with Crippen molar-refractivity contribution in [2.45, 2.75) is 44.9 Å². The molecule has 204 valence electrons. The molecule has 12 heteroatoms. The van der Waals surface area contributed by atoms with Crippen molar-refractivity contribution < 1.29 is 13.9 Å². The van der Waals surface area contributed by atoms with Gasteiger partial charge < -0.3 is 15.7 Å². The van der Waals surface area contributed by atoms with Gasteiger partial charge in [-0.3, -0.25) is 4.40 Å². The molecule has 0 radical (unpaired) electrons. The van der Waals surface area contributed by atoms with Crippen LogP contribution in [0.2, 0.25) is 0 Å². The first-order valence-corrected chi connectivity index (χ1v) is 13.0. The zero-order chi connectivity index (χ0) is 28.2. The van der Waals surface area contributed by atoms with Gasteiger partial charge in [-0.25, -0.2) is 23.4 Å². The van der Waals surface area contributed by atoms with Crippen molar-refractivity contribution in [1.29, 1.82) is 5.26 Å². The fourth-order valence-corrected chi connectivity index (χ4v) is 5.25. The maximum Gasteiger partial charge on any atom is 0.181 e. The molecule has 0 saturated carbocycles. The molecule has 0 amide bonds. The normalized spacial score (nSPS) is 16.1. The van der Waals surface area contributed by atoms with Gasteiger partial charge >= 0.3 is 0 Å². The van der Waals surface area contributed by atoms with E-state index in [0.717, 1.165) is 19.4 Å². The molecule has 40 heavy (non-hydrogen) atoms. The van der Waals surface area contributed by atoms with Crippen molar-refractivity contribution >= 4 is 22.5 Å². The summed E-state index contributed by atoms with van der Waals surface area (Å²) in [5, 5.41) is 27.8. The molecule has 0 bridgehead atoms. The van der Waals surface area contributed by atoms with Crippen molar-refractivity contribution in [1.82, 2.24) is 29.4 Å². The first-order valence-electron chi connectivity index (χ1n) is 13.0. The van der Waals surface area contributed by atoms with E-state index in [9.17, 15) is 14.8 Å². The SMILES string of the molecule is CC(C)(O)Cn1nnc2cc(-c3c(-c4ccc(C#N)c(F)c4)nc4c(N5CCC[C@@H](N)C5)nccn34)c(F)cc21. The number of anilines is 1. The zero-order valence-corrected chi connectivity index (χ0v) is 22.0. The van der Waals surface area contributed by atoms with E-state index in [1.807, 2.05) is 6.07 Å². The molecule has 1 fully saturated rings. The van der Waals surface area contributed by atoms with E-state index in [1.54, 1.807) is 42.8 Å². The minimum absolute atomic E-state index is 0.0105. The van der Waals surface area contributed by atoms with Gasteiger partial charge in [-0.2, -0.15) is 5.26 Å². The van der Waals surface area contributed by atoms with Crippen molar-refractivity contribution in [3.05, 3.63) is 59.9 Å². The highest BCUT2D eigenvalue weighted by Gasteiger charge is 2.27. The molecule has 1 aliphatic rings. The molecule has 0 aliphatic carbocycles. The third-order valence-electron chi connectivity index (χ3n) is 7.04. The Labute approximate surface area is 228 Å². The Morgan fingerprint density at radius 2 is 2.02 bits per heavy atom. The standard InChI is InChI=1S/C28H27F2N9O/c1-28(2,40)15-39-23-12-21(30)19(11-22(23)35-36-39)25-24(16-5-6-17(13-31)20(29)10-16)34-27-26(33-7-9-38(25)27)37-8-3-4-18(32)14-37/h5-7,9-12,18,40H,3-4,8,14-15,32H2,1-2H3/t18-/m1/s1. The summed E-state index contributed by atoms with van der Waals surface area (Å²) in [7, 11) is 0. The minimum Gasteiger partial charge on any atom is -0.389 e. The highest BCUT2D eigenvalue weighted by atomic mass is 19.1. The largest absolute Gasteiger partial charge is 0.389 e. The third-order valence-corrected chi connectivity index (χ3v) is 7.04. The molecule has 1 atom stereocenters. The number of imidazole rings is 1. The molecule has 3 N–H and O–H groups in total. The quantitative estimate of drug-likeness (QED) is 0.343. The van der Waals surface area contributed by atoms with Gasteiger partial charge in [-0.1, -0.05) is 11.3 Å². The number of aliphatic hydroxyl groups is 1. The predicted octanol–water partition coefficient (Wildman–Crippen LogP) is 3.66. The molecule has 0 unspecified atom stereocenters. The number of benzene rings is 2. The van der Waals surface area contributed by atoms with Gasteiger partial charge in [0.1, 0.15) is 23.2 Å². The van der Waals surface area contributed by atoms with Crippen LogP contribution in [0.3, 0.4) is 0 Å². The van der Waals surface area contributed by atoms with E-state index < -0.39 is 17.2 Å². The molecule has 6 rings (SSSR count). The van der Waals surface area contributed by atoms with Gasteiger partial charge in [-0.15, -0.1) is 5.10 Å². The van der Waals surface area contributed by atoms with Crippen LogP contribution in [0.25, 0.3) is 39.2 Å². The van der Waals surface area contributed by atoms with E-state index >= 15 is 4.39 Å². The summed E-state index contributed by atoms with van der Waals surface area (Å²) in [5.41, 5.74) is 7.62. The van der Waals surface area contributed by atoms with Crippen LogP contribution in [-0.4, -0.2) is 59.2 Å². The monoisotopic (exact) mass is 543 g/mol. The average molecular weight is 544 g/mol. The topological polar surface area (TPSA) is 134 Å². The predicted molar refractivity (Wildman–Crippen MR) is 145 cm³/mol. The van der Waals surface area contributed by atoms with Crippen LogP contribution in [0.5, 0.6) is 0 Å². The summed E-state index contributed by atoms with van der Waals surface area (Å²) >= 11 is 0. The van der Waals surface area contributed by atoms with E-state index in [-0.39, 0.29) is 23.7 Å². The van der Waals surface area contributed by atoms with Crippen LogP contribution in [0.4, 0.5) is 14.6 Å². The molecule has 10 nitrogen and oxygen atoms in total. The zero-order valence-electron chi connectivity index (χ0n) is 22.0. The molecule has 0 spiro atoms. The molecule has 1 saturated heterocycles. The van der Waals surface area contributed by atoms with E-state index in [2.05, 4.69) is 20.2 Å². The number of halogens is 2. The van der Waals surface area contributed by atoms with Crippen molar-refractivity contribution in [2.24, 2.45) is 5.73 Å². The second-order valence-electron chi connectivity index (χ2n) is 10.8. The lowest BCUT2D eigenvalue weighted by molar-refractivity contribution is 0.0585. The maximum atomic E-state index is 16.0. The molecule has 3 aromatic heterocycles. The number of piperidine rings is 1. The van der Waals surface area contributed by atoms with Gasteiger partial charge in [0, 0.05) is 48.7 Å². The number of rotatable bonds is 5. The molecular formula is C28H27F2N9O. The Kier molecular flexibility index (Phi) is 6.20. The summed E-state index contributed by atoms with van der Waals surface area (Å²) in [6.07, 6.45) is 5.11. The number of nitrogens with two attached hydrogens (primary N) is 1. The van der Waals surface area contributed by atoms with Crippen LogP contribution in [-0.2, 0) is 6.54 Å². The number of hydrogen-bond acceptors (Lipinski definition) is 8. The van der Waals surface area contributed by atoms with Crippen molar-refractivity contribution in [2.75, 3.05) is 18.0 Å². The number of aromatic nitrogens is 6. The summed E-state index contributed by atoms with van der Waals surface area (Å²) in [5.74, 6) is -0.673. The third kappa shape index (κ3) is 4.53. The van der Waals surface area contributed by atoms with Crippen LogP contribution >= 0.6 is 0 Å². The summed E-state index contributed by atoms with van der Waals surface area (Å²) in [4.78, 5) is 11.5. The Hall–Kier alpha value is -4.47. The van der Waals surface area contributed by atoms with Crippen LogP contribution in [0.1, 0.15) is 32.3 Å². The summed E-state index contributed by atoms with van der Waals surface area (Å²) in [6, 6.07) is 8.91. The Morgan fingerprint density at radius 3 is 2.75 bits per heavy atom. The Balaban J connectivity index is 1.59. The number of nitriles is 1. The molecule has 5 aromatic rings. The molecule has 1 aliphatic heterocycles. The molecule has 2 aromatic carbocycles. The van der Waals surface area contributed by atoms with Gasteiger partial charge in [0.15, 0.2) is 11.5 Å². The van der Waals surface area contributed by atoms with E-state index in [0.29, 0.717) is 46.0 Å². The second-order valence-corrected chi connectivity index (χ2v) is 10.8. The van der Waals surface area contributed by atoms with Gasteiger partial charge in [0.2, 0.25) is 0 Å². The second kappa shape index (κ2) is 9.62. The molecular weight excluding hydrogens is 516 g/mol. The van der Waals surface area contributed by atoms with Gasteiger partial charge in [0.25, 0.3) is 0 Å². The van der Waals surface area contributed by atoms with E-state index in [4.69, 9.17) is 10.7 Å². The fourth-order valence-electron chi connectivity index (χ4n) is 5.25. The van der Waals surface area contributed by atoms with E-state index in [1.165, 1.54) is 22.9 Å². The Morgan fingerprint density at radius 1 is 1.20 bits per heavy atom. The highest BCUT2D eigenvalue weighted by molar-refractivity contribution is 5.89. The Bertz CT molecular complexity index is 1800. The van der Waals surface area contributed by atoms with Gasteiger partial charge in [-0.05, 0) is 44.9 Å². The first-order chi connectivity index (χ1) is 19.1. The smallest absolute Gasteiger partial charge is 0.181 e. The maximum absolute atomic E-state index is 16.0. The van der Waals surface area contributed by atoms with Crippen LogP contribution < -0.4 is 10.6 Å². The first kappa shape index (κ1) is 25.8. The lowest BCUT2D eigenvalue weighted by Crippen LogP contribution is -2.43. The number of nitrogens with zero attached hydrogens (tertiary/aromatic N) is 8. The average Bonchev–Trinajstić information content (AvgIpc) is 3.48. The van der Waals surface area contributed by atoms with Crippen LogP contribution in [0, 0.1) is 23.0 Å². The van der Waals surface area contributed by atoms with Crippen molar-refractivity contribution in [3.8, 4) is 28.6 Å².